The Morgan fingerprint density at radius 2 is 2.00 bits per heavy atom. The van der Waals surface area contributed by atoms with Gasteiger partial charge in [0.05, 0.1) is 23.9 Å². The first-order valence-corrected chi connectivity index (χ1v) is 8.34. The number of hydrogen-bond acceptors (Lipinski definition) is 5. The average Bonchev–Trinajstić information content (AvgIpc) is 2.65. The maximum Gasteiger partial charge on any atom is 0.253 e. The molecule has 0 saturated carbocycles. The van der Waals surface area contributed by atoms with E-state index in [0.717, 1.165) is 28.0 Å². The van der Waals surface area contributed by atoms with Crippen LogP contribution in [0.25, 0.3) is 10.9 Å². The highest BCUT2D eigenvalue weighted by atomic mass is 16.5. The molecule has 134 valence electrons. The maximum atomic E-state index is 12.6. The molecule has 2 aromatic heterocycles. The van der Waals surface area contributed by atoms with E-state index in [0.29, 0.717) is 17.8 Å². The molecule has 3 rings (SSSR count). The third-order valence-corrected chi connectivity index (χ3v) is 4.18. The molecule has 2 heterocycles. The first kappa shape index (κ1) is 17.7. The molecule has 1 aromatic carbocycles. The SMILES string of the molecule is COc1ccc2nc(C)c(C(=O)NCc3ccc(N(C)C)nc3)cc2c1. The van der Waals surface area contributed by atoms with Crippen molar-refractivity contribution in [2.75, 3.05) is 26.1 Å². The van der Waals surface area contributed by atoms with Crippen molar-refractivity contribution in [3.8, 4) is 5.75 Å². The molecule has 0 aliphatic heterocycles. The summed E-state index contributed by atoms with van der Waals surface area (Å²) in [6, 6.07) is 11.4. The normalized spacial score (nSPS) is 10.6. The topological polar surface area (TPSA) is 67.3 Å². The van der Waals surface area contributed by atoms with Gasteiger partial charge in [0.1, 0.15) is 11.6 Å². The van der Waals surface area contributed by atoms with Crippen molar-refractivity contribution in [2.24, 2.45) is 0 Å². The number of pyridine rings is 2. The summed E-state index contributed by atoms with van der Waals surface area (Å²) in [5.74, 6) is 1.46. The van der Waals surface area contributed by atoms with Gasteiger partial charge in [-0.05, 0) is 42.8 Å². The Labute approximate surface area is 152 Å². The fourth-order valence-corrected chi connectivity index (χ4v) is 2.67. The van der Waals surface area contributed by atoms with Crippen LogP contribution in [0.4, 0.5) is 5.82 Å². The number of fused-ring (bicyclic) bond motifs is 1. The Morgan fingerprint density at radius 1 is 1.19 bits per heavy atom. The predicted octanol–water partition coefficient (Wildman–Crippen LogP) is 2.94. The van der Waals surface area contributed by atoms with Crippen LogP contribution in [-0.2, 0) is 6.54 Å². The molecule has 0 aliphatic carbocycles. The van der Waals surface area contributed by atoms with Crippen LogP contribution in [0.2, 0.25) is 0 Å². The second-order valence-electron chi connectivity index (χ2n) is 6.28. The smallest absolute Gasteiger partial charge is 0.253 e. The molecule has 1 N–H and O–H groups in total. The lowest BCUT2D eigenvalue weighted by molar-refractivity contribution is 0.0950. The molecule has 0 atom stereocenters. The molecule has 0 saturated heterocycles. The van der Waals surface area contributed by atoms with Crippen molar-refractivity contribution in [2.45, 2.75) is 13.5 Å². The summed E-state index contributed by atoms with van der Waals surface area (Å²) in [6.45, 7) is 2.25. The Morgan fingerprint density at radius 3 is 2.65 bits per heavy atom. The van der Waals surface area contributed by atoms with E-state index in [9.17, 15) is 4.79 Å². The highest BCUT2D eigenvalue weighted by Crippen LogP contribution is 2.22. The van der Waals surface area contributed by atoms with Crippen molar-refractivity contribution < 1.29 is 9.53 Å². The zero-order valence-electron chi connectivity index (χ0n) is 15.4. The van der Waals surface area contributed by atoms with Crippen molar-refractivity contribution in [3.63, 3.8) is 0 Å². The summed E-state index contributed by atoms with van der Waals surface area (Å²) < 4.78 is 5.25. The number of nitrogens with zero attached hydrogens (tertiary/aromatic N) is 3. The summed E-state index contributed by atoms with van der Waals surface area (Å²) in [5, 5.41) is 3.81. The number of ether oxygens (including phenoxy) is 1. The molecule has 3 aromatic rings. The summed E-state index contributed by atoms with van der Waals surface area (Å²) in [4.78, 5) is 23.4. The van der Waals surface area contributed by atoms with Crippen LogP contribution >= 0.6 is 0 Å². The zero-order valence-corrected chi connectivity index (χ0v) is 15.4. The average molecular weight is 350 g/mol. The molecule has 26 heavy (non-hydrogen) atoms. The van der Waals surface area contributed by atoms with Crippen LogP contribution < -0.4 is 15.0 Å². The third kappa shape index (κ3) is 3.74. The van der Waals surface area contributed by atoms with Gasteiger partial charge in [0.25, 0.3) is 5.91 Å². The van der Waals surface area contributed by atoms with Crippen LogP contribution in [0.15, 0.2) is 42.6 Å². The molecular formula is C20H22N4O2. The van der Waals surface area contributed by atoms with Crippen LogP contribution in [0.3, 0.4) is 0 Å². The van der Waals surface area contributed by atoms with E-state index in [1.165, 1.54) is 0 Å². The Hall–Kier alpha value is -3.15. The number of methoxy groups -OCH3 is 1. The number of rotatable bonds is 5. The molecule has 0 spiro atoms. The summed E-state index contributed by atoms with van der Waals surface area (Å²) >= 11 is 0. The number of benzene rings is 1. The second kappa shape index (κ2) is 7.39. The minimum absolute atomic E-state index is 0.156. The van der Waals surface area contributed by atoms with Crippen molar-refractivity contribution in [1.29, 1.82) is 0 Å². The molecule has 0 radical (unpaired) electrons. The van der Waals surface area contributed by atoms with Crippen LogP contribution in [0, 0.1) is 6.92 Å². The third-order valence-electron chi connectivity index (χ3n) is 4.18. The van der Waals surface area contributed by atoms with Crippen molar-refractivity contribution in [3.05, 3.63) is 59.4 Å². The van der Waals surface area contributed by atoms with E-state index in [-0.39, 0.29) is 5.91 Å². The van der Waals surface area contributed by atoms with E-state index >= 15 is 0 Å². The second-order valence-corrected chi connectivity index (χ2v) is 6.28. The highest BCUT2D eigenvalue weighted by Gasteiger charge is 2.12. The first-order chi connectivity index (χ1) is 12.5. The van der Waals surface area contributed by atoms with E-state index in [2.05, 4.69) is 15.3 Å². The fourth-order valence-electron chi connectivity index (χ4n) is 2.67. The molecule has 6 heteroatoms. The molecule has 0 unspecified atom stereocenters. The van der Waals surface area contributed by atoms with Gasteiger partial charge in [-0.1, -0.05) is 6.07 Å². The summed E-state index contributed by atoms with van der Waals surface area (Å²) in [6.07, 6.45) is 1.77. The monoisotopic (exact) mass is 350 g/mol. The molecule has 0 aliphatic rings. The van der Waals surface area contributed by atoms with E-state index < -0.39 is 0 Å². The van der Waals surface area contributed by atoms with E-state index in [1.807, 2.05) is 62.3 Å². The van der Waals surface area contributed by atoms with Crippen LogP contribution in [0.5, 0.6) is 5.75 Å². The molecule has 6 nitrogen and oxygen atoms in total. The van der Waals surface area contributed by atoms with E-state index in [4.69, 9.17) is 4.74 Å². The van der Waals surface area contributed by atoms with Gasteiger partial charge in [-0.25, -0.2) is 4.98 Å². The quantitative estimate of drug-likeness (QED) is 0.766. The number of anilines is 1. The Balaban J connectivity index is 1.77. The van der Waals surface area contributed by atoms with Gasteiger partial charge in [-0.3, -0.25) is 9.78 Å². The number of hydrogen-bond donors (Lipinski definition) is 1. The lowest BCUT2D eigenvalue weighted by atomic mass is 10.1. The largest absolute Gasteiger partial charge is 0.497 e. The first-order valence-electron chi connectivity index (χ1n) is 8.34. The van der Waals surface area contributed by atoms with Crippen LogP contribution in [0.1, 0.15) is 21.6 Å². The molecule has 1 amide bonds. The highest BCUT2D eigenvalue weighted by molar-refractivity contribution is 5.98. The van der Waals surface area contributed by atoms with Crippen molar-refractivity contribution >= 4 is 22.6 Å². The zero-order chi connectivity index (χ0) is 18.7. The Kier molecular flexibility index (Phi) is 5.02. The summed E-state index contributed by atoms with van der Waals surface area (Å²) in [5.41, 5.74) is 3.03. The number of amides is 1. The lowest BCUT2D eigenvalue weighted by Gasteiger charge is -2.12. The standard InChI is InChI=1S/C20H22N4O2/c1-13-17(10-15-9-16(26-4)6-7-18(15)23-13)20(25)22-12-14-5-8-19(21-11-14)24(2)3/h5-11H,12H2,1-4H3,(H,22,25). The van der Waals surface area contributed by atoms with E-state index in [1.54, 1.807) is 13.3 Å². The van der Waals surface area contributed by atoms with Crippen LogP contribution in [-0.4, -0.2) is 37.1 Å². The predicted molar refractivity (Wildman–Crippen MR) is 103 cm³/mol. The number of aryl methyl sites for hydroxylation is 1. The minimum atomic E-state index is -0.156. The van der Waals surface area contributed by atoms with Gasteiger partial charge in [-0.15, -0.1) is 0 Å². The fraction of sp³-hybridized carbons (Fsp3) is 0.250. The maximum absolute atomic E-state index is 12.6. The molecule has 0 fully saturated rings. The lowest BCUT2D eigenvalue weighted by Crippen LogP contribution is -2.24. The molecule has 0 bridgehead atoms. The van der Waals surface area contributed by atoms with Gasteiger partial charge in [-0.2, -0.15) is 0 Å². The number of aromatic nitrogens is 2. The number of nitrogens with one attached hydrogen (secondary N) is 1. The van der Waals surface area contributed by atoms with Gasteiger partial charge >= 0.3 is 0 Å². The van der Waals surface area contributed by atoms with Gasteiger partial charge in [0.15, 0.2) is 0 Å². The number of carbonyl (C=O) groups is 1. The van der Waals surface area contributed by atoms with Gasteiger partial charge in [0, 0.05) is 32.2 Å². The number of carbonyl (C=O) groups excluding carboxylic acids is 1. The Bertz CT molecular complexity index is 936. The minimum Gasteiger partial charge on any atom is -0.497 e. The summed E-state index contributed by atoms with van der Waals surface area (Å²) in [7, 11) is 5.49. The molecular weight excluding hydrogens is 328 g/mol. The van der Waals surface area contributed by atoms with Gasteiger partial charge < -0.3 is 15.0 Å². The van der Waals surface area contributed by atoms with Gasteiger partial charge in [0.2, 0.25) is 0 Å². The van der Waals surface area contributed by atoms with Crippen molar-refractivity contribution in [1.82, 2.24) is 15.3 Å².